The number of rotatable bonds is 3. The molecule has 1 aliphatic heterocycles. The first-order valence-electron chi connectivity index (χ1n) is 4.99. The van der Waals surface area contributed by atoms with Gasteiger partial charge >= 0.3 is 0 Å². The Balaban J connectivity index is 0.00000112. The quantitative estimate of drug-likeness (QED) is 0.837. The zero-order valence-corrected chi connectivity index (χ0v) is 9.37. The van der Waals surface area contributed by atoms with Crippen LogP contribution < -0.4 is 5.73 Å². The molecule has 1 atom stereocenters. The number of hydrogen-bond acceptors (Lipinski definition) is 4. The largest absolute Gasteiger partial charge is 0.381 e. The average molecular weight is 230 g/mol. The molecule has 2 N–H and O–H groups in total. The van der Waals surface area contributed by atoms with Crippen LogP contribution in [0.15, 0.2) is 12.4 Å². The number of aromatic nitrogens is 2. The van der Waals surface area contributed by atoms with Crippen LogP contribution in [0.5, 0.6) is 0 Å². The number of nitrogens with zero attached hydrogens (tertiary/aromatic N) is 2. The molecule has 1 unspecified atom stereocenters. The molecule has 0 spiro atoms. The van der Waals surface area contributed by atoms with Gasteiger partial charge in [0, 0.05) is 31.3 Å². The van der Waals surface area contributed by atoms with Gasteiger partial charge in [-0.1, -0.05) is 0 Å². The van der Waals surface area contributed by atoms with Crippen LogP contribution in [-0.4, -0.2) is 29.7 Å². The van der Waals surface area contributed by atoms with E-state index in [4.69, 9.17) is 10.5 Å². The molecule has 1 aliphatic rings. The molecule has 0 aliphatic carbocycles. The Kier molecular flexibility index (Phi) is 4.94. The molecule has 1 aromatic rings. The standard InChI is InChI=1S/C10H15N3O.ClH/c11-3-1-10-12-5-9(6-13-10)8-2-4-14-7-8;/h5-6,8H,1-4,7,11H2;1H. The summed E-state index contributed by atoms with van der Waals surface area (Å²) in [6.07, 6.45) is 5.63. The molecule has 0 radical (unpaired) electrons. The van der Waals surface area contributed by atoms with Gasteiger partial charge in [-0.05, 0) is 18.5 Å². The first-order chi connectivity index (χ1) is 6.90. The lowest BCUT2D eigenvalue weighted by Crippen LogP contribution is -2.07. The Morgan fingerprint density at radius 1 is 1.40 bits per heavy atom. The van der Waals surface area contributed by atoms with E-state index in [-0.39, 0.29) is 12.4 Å². The summed E-state index contributed by atoms with van der Waals surface area (Å²) in [7, 11) is 0. The van der Waals surface area contributed by atoms with Gasteiger partial charge in [0.05, 0.1) is 6.61 Å². The fraction of sp³-hybridized carbons (Fsp3) is 0.600. The predicted molar refractivity (Wildman–Crippen MR) is 60.2 cm³/mol. The zero-order valence-electron chi connectivity index (χ0n) is 8.56. The summed E-state index contributed by atoms with van der Waals surface area (Å²) >= 11 is 0. The Bertz CT molecular complexity index is 285. The van der Waals surface area contributed by atoms with E-state index in [9.17, 15) is 0 Å². The van der Waals surface area contributed by atoms with E-state index in [1.165, 1.54) is 5.56 Å². The summed E-state index contributed by atoms with van der Waals surface area (Å²) in [5.74, 6) is 1.32. The number of hydrogen-bond donors (Lipinski definition) is 1. The van der Waals surface area contributed by atoms with E-state index >= 15 is 0 Å². The highest BCUT2D eigenvalue weighted by Gasteiger charge is 2.18. The van der Waals surface area contributed by atoms with Gasteiger partial charge in [-0.3, -0.25) is 0 Å². The fourth-order valence-electron chi connectivity index (χ4n) is 1.63. The third-order valence-corrected chi connectivity index (χ3v) is 2.49. The first kappa shape index (κ1) is 12.4. The molecule has 15 heavy (non-hydrogen) atoms. The number of ether oxygens (including phenoxy) is 1. The monoisotopic (exact) mass is 229 g/mol. The van der Waals surface area contributed by atoms with Crippen LogP contribution in [0.3, 0.4) is 0 Å². The summed E-state index contributed by atoms with van der Waals surface area (Å²) in [6, 6.07) is 0. The molecule has 84 valence electrons. The van der Waals surface area contributed by atoms with Crippen molar-refractivity contribution in [1.29, 1.82) is 0 Å². The molecule has 2 rings (SSSR count). The van der Waals surface area contributed by atoms with Crippen molar-refractivity contribution in [2.45, 2.75) is 18.8 Å². The highest BCUT2D eigenvalue weighted by molar-refractivity contribution is 5.85. The van der Waals surface area contributed by atoms with E-state index in [0.29, 0.717) is 12.5 Å². The zero-order chi connectivity index (χ0) is 9.80. The van der Waals surface area contributed by atoms with Crippen LogP contribution in [0.25, 0.3) is 0 Å². The third kappa shape index (κ3) is 3.12. The van der Waals surface area contributed by atoms with Gasteiger partial charge in [-0.25, -0.2) is 9.97 Å². The first-order valence-corrected chi connectivity index (χ1v) is 4.99. The van der Waals surface area contributed by atoms with Crippen molar-refractivity contribution in [3.63, 3.8) is 0 Å². The van der Waals surface area contributed by atoms with Gasteiger partial charge in [-0.15, -0.1) is 12.4 Å². The molecule has 4 nitrogen and oxygen atoms in total. The van der Waals surface area contributed by atoms with Crippen LogP contribution >= 0.6 is 12.4 Å². The van der Waals surface area contributed by atoms with Crippen LogP contribution in [-0.2, 0) is 11.2 Å². The van der Waals surface area contributed by atoms with Crippen molar-refractivity contribution < 1.29 is 4.74 Å². The van der Waals surface area contributed by atoms with Crippen molar-refractivity contribution in [2.75, 3.05) is 19.8 Å². The minimum absolute atomic E-state index is 0. The summed E-state index contributed by atoms with van der Waals surface area (Å²) < 4.78 is 5.31. The highest BCUT2D eigenvalue weighted by atomic mass is 35.5. The van der Waals surface area contributed by atoms with Gasteiger partial charge < -0.3 is 10.5 Å². The molecule has 0 bridgehead atoms. The van der Waals surface area contributed by atoms with Crippen LogP contribution in [0.1, 0.15) is 23.7 Å². The lowest BCUT2D eigenvalue weighted by atomic mass is 10.0. The lowest BCUT2D eigenvalue weighted by Gasteiger charge is -2.06. The molecule has 2 heterocycles. The molecule has 0 saturated carbocycles. The average Bonchev–Trinajstić information content (AvgIpc) is 2.72. The van der Waals surface area contributed by atoms with E-state index in [0.717, 1.165) is 31.9 Å². The maximum Gasteiger partial charge on any atom is 0.129 e. The van der Waals surface area contributed by atoms with Crippen molar-refractivity contribution in [3.05, 3.63) is 23.8 Å². The Morgan fingerprint density at radius 3 is 2.67 bits per heavy atom. The van der Waals surface area contributed by atoms with Gasteiger partial charge in [0.2, 0.25) is 0 Å². The minimum Gasteiger partial charge on any atom is -0.381 e. The molecular formula is C10H16ClN3O. The van der Waals surface area contributed by atoms with Gasteiger partial charge in [0.25, 0.3) is 0 Å². The van der Waals surface area contributed by atoms with Gasteiger partial charge in [-0.2, -0.15) is 0 Å². The summed E-state index contributed by atoms with van der Waals surface area (Å²) in [5, 5.41) is 0. The maximum absolute atomic E-state index is 5.42. The maximum atomic E-state index is 5.42. The number of nitrogens with two attached hydrogens (primary N) is 1. The topological polar surface area (TPSA) is 61.0 Å². The smallest absolute Gasteiger partial charge is 0.129 e. The molecule has 1 fully saturated rings. The second-order valence-electron chi connectivity index (χ2n) is 3.53. The Morgan fingerprint density at radius 2 is 2.13 bits per heavy atom. The van der Waals surface area contributed by atoms with Gasteiger partial charge in [0.1, 0.15) is 5.82 Å². The minimum atomic E-state index is 0. The fourth-order valence-corrected chi connectivity index (χ4v) is 1.63. The van der Waals surface area contributed by atoms with Crippen molar-refractivity contribution in [1.82, 2.24) is 9.97 Å². The van der Waals surface area contributed by atoms with Crippen LogP contribution in [0.2, 0.25) is 0 Å². The van der Waals surface area contributed by atoms with Crippen LogP contribution in [0, 0.1) is 0 Å². The number of halogens is 1. The lowest BCUT2D eigenvalue weighted by molar-refractivity contribution is 0.194. The Hall–Kier alpha value is -0.710. The molecule has 1 aromatic heterocycles. The van der Waals surface area contributed by atoms with E-state index in [2.05, 4.69) is 9.97 Å². The van der Waals surface area contributed by atoms with E-state index in [1.807, 2.05) is 12.4 Å². The highest BCUT2D eigenvalue weighted by Crippen LogP contribution is 2.23. The van der Waals surface area contributed by atoms with Crippen molar-refractivity contribution >= 4 is 12.4 Å². The normalized spacial score (nSPS) is 19.9. The van der Waals surface area contributed by atoms with Crippen molar-refractivity contribution in [3.8, 4) is 0 Å². The molecule has 0 amide bonds. The predicted octanol–water partition coefficient (Wildman–Crippen LogP) is 0.903. The molecule has 1 saturated heterocycles. The third-order valence-electron chi connectivity index (χ3n) is 2.49. The SMILES string of the molecule is Cl.NCCc1ncc(C2CCOC2)cn1. The summed E-state index contributed by atoms with van der Waals surface area (Å²) in [5.41, 5.74) is 6.60. The van der Waals surface area contributed by atoms with Crippen molar-refractivity contribution in [2.24, 2.45) is 5.73 Å². The van der Waals surface area contributed by atoms with E-state index < -0.39 is 0 Å². The van der Waals surface area contributed by atoms with E-state index in [1.54, 1.807) is 0 Å². The Labute approximate surface area is 95.7 Å². The van der Waals surface area contributed by atoms with Gasteiger partial charge in [0.15, 0.2) is 0 Å². The summed E-state index contributed by atoms with van der Waals surface area (Å²) in [6.45, 7) is 2.26. The molecular weight excluding hydrogens is 214 g/mol. The second kappa shape index (κ2) is 6.00. The second-order valence-corrected chi connectivity index (χ2v) is 3.53. The molecule has 5 heteroatoms. The van der Waals surface area contributed by atoms with Crippen LogP contribution in [0.4, 0.5) is 0 Å². The molecule has 0 aromatic carbocycles. The summed E-state index contributed by atoms with van der Waals surface area (Å²) in [4.78, 5) is 8.53.